The van der Waals surface area contributed by atoms with E-state index in [0.717, 1.165) is 6.42 Å². The fourth-order valence-corrected chi connectivity index (χ4v) is 1.74. The summed E-state index contributed by atoms with van der Waals surface area (Å²) >= 11 is 0. The molecule has 16 heavy (non-hydrogen) atoms. The van der Waals surface area contributed by atoms with Crippen molar-refractivity contribution in [2.24, 2.45) is 11.8 Å². The normalized spacial score (nSPS) is 19.9. The number of hydrogen-bond acceptors (Lipinski definition) is 4. The molecule has 0 fully saturated rings. The van der Waals surface area contributed by atoms with Crippen LogP contribution in [0.5, 0.6) is 0 Å². The van der Waals surface area contributed by atoms with Crippen LogP contribution in [0.1, 0.15) is 40.0 Å². The third-order valence-electron chi connectivity index (χ3n) is 3.06. The topological polar surface area (TPSA) is 88.0 Å². The number of nitriles is 2. The Balaban J connectivity index is 4.45. The third-order valence-corrected chi connectivity index (χ3v) is 3.06. The van der Waals surface area contributed by atoms with Gasteiger partial charge in [-0.25, -0.2) is 0 Å². The Morgan fingerprint density at radius 3 is 2.25 bits per heavy atom. The summed E-state index contributed by atoms with van der Waals surface area (Å²) in [6.45, 7) is 5.57. The lowest BCUT2D eigenvalue weighted by Crippen LogP contribution is -2.36. The first-order chi connectivity index (χ1) is 7.39. The molecule has 4 nitrogen and oxygen atoms in total. The smallest absolute Gasteiger partial charge is 0.153 e. The van der Waals surface area contributed by atoms with Gasteiger partial charge < -0.3 is 10.2 Å². The van der Waals surface area contributed by atoms with Crippen molar-refractivity contribution >= 4 is 0 Å². The highest BCUT2D eigenvalue weighted by Crippen LogP contribution is 2.28. The van der Waals surface area contributed by atoms with E-state index in [1.165, 1.54) is 0 Å². The summed E-state index contributed by atoms with van der Waals surface area (Å²) in [5.41, 5.74) is -1.36. The lowest BCUT2D eigenvalue weighted by atomic mass is 9.80. The van der Waals surface area contributed by atoms with Crippen molar-refractivity contribution in [3.8, 4) is 12.1 Å². The summed E-state index contributed by atoms with van der Waals surface area (Å²) < 4.78 is 0. The molecular formula is C12H20N2O2. The highest BCUT2D eigenvalue weighted by atomic mass is 16.3. The number of rotatable bonds is 6. The molecule has 0 bridgehead atoms. The molecule has 0 amide bonds. The van der Waals surface area contributed by atoms with Gasteiger partial charge in [-0.3, -0.25) is 0 Å². The molecule has 2 N–H and O–H groups in total. The zero-order valence-corrected chi connectivity index (χ0v) is 10.1. The highest BCUT2D eigenvalue weighted by Gasteiger charge is 2.34. The van der Waals surface area contributed by atoms with Crippen LogP contribution in [-0.2, 0) is 0 Å². The fraction of sp³-hybridized carbons (Fsp3) is 0.833. The van der Waals surface area contributed by atoms with Crippen molar-refractivity contribution in [2.45, 2.75) is 51.7 Å². The van der Waals surface area contributed by atoms with E-state index >= 15 is 0 Å². The lowest BCUT2D eigenvalue weighted by Gasteiger charge is -2.29. The maximum atomic E-state index is 10.1. The van der Waals surface area contributed by atoms with Crippen LogP contribution in [0, 0.1) is 34.5 Å². The first-order valence-electron chi connectivity index (χ1n) is 5.60. The van der Waals surface area contributed by atoms with Gasteiger partial charge in [0.2, 0.25) is 0 Å². The van der Waals surface area contributed by atoms with Gasteiger partial charge in [0.25, 0.3) is 0 Å². The van der Waals surface area contributed by atoms with Gasteiger partial charge in [-0.2, -0.15) is 10.5 Å². The Morgan fingerprint density at radius 2 is 1.88 bits per heavy atom. The molecule has 0 aliphatic carbocycles. The Hall–Kier alpha value is -1.10. The van der Waals surface area contributed by atoms with Crippen molar-refractivity contribution in [2.75, 3.05) is 0 Å². The van der Waals surface area contributed by atoms with Gasteiger partial charge in [0.05, 0.1) is 12.1 Å². The van der Waals surface area contributed by atoms with E-state index in [-0.39, 0.29) is 24.7 Å². The monoisotopic (exact) mass is 224 g/mol. The summed E-state index contributed by atoms with van der Waals surface area (Å²) in [5.74, 6) is -0.174. The third kappa shape index (κ3) is 4.18. The second-order valence-electron chi connectivity index (χ2n) is 4.54. The van der Waals surface area contributed by atoms with Gasteiger partial charge in [0, 0.05) is 0 Å². The second-order valence-corrected chi connectivity index (χ2v) is 4.54. The molecule has 4 unspecified atom stereocenters. The molecule has 0 saturated heterocycles. The second kappa shape index (κ2) is 6.48. The molecule has 90 valence electrons. The quantitative estimate of drug-likeness (QED) is 0.670. The number of aliphatic hydroxyl groups is 2. The van der Waals surface area contributed by atoms with Gasteiger partial charge in [0.1, 0.15) is 6.10 Å². The molecule has 0 aromatic rings. The molecule has 0 heterocycles. The van der Waals surface area contributed by atoms with Gasteiger partial charge >= 0.3 is 0 Å². The van der Waals surface area contributed by atoms with Gasteiger partial charge in [-0.1, -0.05) is 20.8 Å². The maximum Gasteiger partial charge on any atom is 0.153 e. The zero-order chi connectivity index (χ0) is 12.8. The molecule has 0 aliphatic rings. The van der Waals surface area contributed by atoms with Crippen LogP contribution >= 0.6 is 0 Å². The Kier molecular flexibility index (Phi) is 6.03. The Morgan fingerprint density at radius 1 is 1.31 bits per heavy atom. The first-order valence-corrected chi connectivity index (χ1v) is 5.60. The highest BCUT2D eigenvalue weighted by molar-refractivity contribution is 5.04. The van der Waals surface area contributed by atoms with E-state index in [2.05, 4.69) is 0 Å². The van der Waals surface area contributed by atoms with Crippen molar-refractivity contribution in [1.29, 1.82) is 10.5 Å². The Labute approximate surface area is 97.1 Å². The molecule has 0 aromatic carbocycles. The summed E-state index contributed by atoms with van der Waals surface area (Å²) in [6, 6.07) is 3.68. The molecular weight excluding hydrogens is 204 g/mol. The minimum absolute atomic E-state index is 0.0618. The van der Waals surface area contributed by atoms with Crippen LogP contribution in [0.2, 0.25) is 0 Å². The van der Waals surface area contributed by atoms with E-state index < -0.39 is 11.7 Å². The lowest BCUT2D eigenvalue weighted by molar-refractivity contribution is 0.0151. The molecule has 0 rings (SSSR count). The number of hydrogen-bond donors (Lipinski definition) is 2. The fourth-order valence-electron chi connectivity index (χ4n) is 1.74. The van der Waals surface area contributed by atoms with Gasteiger partial charge in [-0.05, 0) is 31.1 Å². The maximum absolute atomic E-state index is 10.1. The van der Waals surface area contributed by atoms with E-state index in [1.54, 1.807) is 6.07 Å². The first kappa shape index (κ1) is 14.9. The van der Waals surface area contributed by atoms with Crippen LogP contribution in [0.3, 0.4) is 0 Å². The van der Waals surface area contributed by atoms with Gasteiger partial charge in [0.15, 0.2) is 5.60 Å². The average molecular weight is 224 g/mol. The predicted molar refractivity (Wildman–Crippen MR) is 60.0 cm³/mol. The summed E-state index contributed by atoms with van der Waals surface area (Å²) in [4.78, 5) is 0. The van der Waals surface area contributed by atoms with Crippen LogP contribution in [0.15, 0.2) is 0 Å². The van der Waals surface area contributed by atoms with Crippen molar-refractivity contribution in [1.82, 2.24) is 0 Å². The summed E-state index contributed by atoms with van der Waals surface area (Å²) in [6.07, 6.45) is 0.279. The predicted octanol–water partition coefficient (Wildman–Crippen LogP) is 1.59. The van der Waals surface area contributed by atoms with Gasteiger partial charge in [-0.15, -0.1) is 0 Å². The standard InChI is InChI=1S/C12H20N2O2/c1-4-10(3)12(16,8-14)6-9(2)5-11(15)7-13/h9-11,15-16H,4-6H2,1-3H3. The molecule has 0 aromatic heterocycles. The molecule has 4 atom stereocenters. The SMILES string of the molecule is CCC(C)C(O)(C#N)CC(C)CC(O)C#N. The Bertz CT molecular complexity index is 292. The summed E-state index contributed by atoms with van der Waals surface area (Å²) in [7, 11) is 0. The minimum Gasteiger partial charge on any atom is -0.378 e. The van der Waals surface area contributed by atoms with Crippen LogP contribution in [0.25, 0.3) is 0 Å². The van der Waals surface area contributed by atoms with Crippen molar-refractivity contribution < 1.29 is 10.2 Å². The molecule has 0 radical (unpaired) electrons. The molecule has 4 heteroatoms. The van der Waals surface area contributed by atoms with E-state index in [9.17, 15) is 5.11 Å². The van der Waals surface area contributed by atoms with E-state index in [0.29, 0.717) is 0 Å². The molecule has 0 saturated carbocycles. The van der Waals surface area contributed by atoms with Crippen molar-refractivity contribution in [3.05, 3.63) is 0 Å². The number of aliphatic hydroxyl groups excluding tert-OH is 1. The van der Waals surface area contributed by atoms with Crippen molar-refractivity contribution in [3.63, 3.8) is 0 Å². The number of nitrogens with zero attached hydrogens (tertiary/aromatic N) is 2. The van der Waals surface area contributed by atoms with E-state index in [4.69, 9.17) is 15.6 Å². The minimum atomic E-state index is -1.36. The molecule has 0 spiro atoms. The van der Waals surface area contributed by atoms with Crippen LogP contribution in [0.4, 0.5) is 0 Å². The van der Waals surface area contributed by atoms with Crippen LogP contribution < -0.4 is 0 Å². The largest absolute Gasteiger partial charge is 0.378 e. The summed E-state index contributed by atoms with van der Waals surface area (Å²) in [5, 5.41) is 36.8. The average Bonchev–Trinajstić information content (AvgIpc) is 2.27. The van der Waals surface area contributed by atoms with E-state index in [1.807, 2.05) is 26.8 Å². The molecule has 0 aliphatic heterocycles. The zero-order valence-electron chi connectivity index (χ0n) is 10.1. The van der Waals surface area contributed by atoms with Crippen LogP contribution in [-0.4, -0.2) is 21.9 Å².